The maximum Gasteiger partial charge on any atom is 0.433 e. The molecule has 0 aliphatic heterocycles. The van der Waals surface area contributed by atoms with Gasteiger partial charge in [0, 0.05) is 37.5 Å². The topological polar surface area (TPSA) is 132 Å². The van der Waals surface area contributed by atoms with E-state index in [4.69, 9.17) is 11.6 Å². The number of rotatable bonds is 7. The van der Waals surface area contributed by atoms with E-state index in [1.54, 1.807) is 13.1 Å². The quantitative estimate of drug-likeness (QED) is 0.150. The van der Waals surface area contributed by atoms with Crippen LogP contribution in [0.25, 0.3) is 27.9 Å². The molecular formula is C26H18ClF4N11O. The summed E-state index contributed by atoms with van der Waals surface area (Å²) in [6, 6.07) is 7.49. The van der Waals surface area contributed by atoms with Crippen LogP contribution in [0.5, 0.6) is 0 Å². The maximum absolute atomic E-state index is 15.3. The van der Waals surface area contributed by atoms with Gasteiger partial charge in [-0.2, -0.15) is 42.7 Å². The third-order valence-electron chi connectivity index (χ3n) is 6.60. The number of halogens is 5. The van der Waals surface area contributed by atoms with Crippen molar-refractivity contribution in [1.82, 2.24) is 50.0 Å². The second-order valence-electron chi connectivity index (χ2n) is 9.36. The van der Waals surface area contributed by atoms with E-state index in [2.05, 4.69) is 35.8 Å². The van der Waals surface area contributed by atoms with E-state index in [9.17, 15) is 18.4 Å². The number of benzene rings is 1. The van der Waals surface area contributed by atoms with Crippen LogP contribution in [0.2, 0.25) is 5.02 Å². The summed E-state index contributed by atoms with van der Waals surface area (Å²) < 4.78 is 58.3. The van der Waals surface area contributed by atoms with Crippen molar-refractivity contribution in [3.8, 4) is 27.9 Å². The largest absolute Gasteiger partial charge is 0.618 e. The zero-order valence-corrected chi connectivity index (χ0v) is 22.7. The zero-order valence-electron chi connectivity index (χ0n) is 21.9. The molecule has 0 N–H and O–H groups in total. The number of pyridine rings is 2. The Hall–Kier alpha value is -5.25. The molecule has 6 aromatic rings. The van der Waals surface area contributed by atoms with E-state index < -0.39 is 23.7 Å². The molecule has 0 spiro atoms. The molecule has 12 nitrogen and oxygen atoms in total. The van der Waals surface area contributed by atoms with Gasteiger partial charge in [-0.3, -0.25) is 9.67 Å². The minimum atomic E-state index is -4.62. The smallest absolute Gasteiger partial charge is 0.433 e. The highest BCUT2D eigenvalue weighted by Crippen LogP contribution is 2.34. The lowest BCUT2D eigenvalue weighted by Gasteiger charge is -2.17. The molecule has 0 unspecified atom stereocenters. The summed E-state index contributed by atoms with van der Waals surface area (Å²) in [5, 5.41) is 37.1. The average Bonchev–Trinajstić information content (AvgIpc) is 3.76. The van der Waals surface area contributed by atoms with Gasteiger partial charge in [0.15, 0.2) is 12.0 Å². The normalized spacial score (nSPS) is 12.5. The van der Waals surface area contributed by atoms with Gasteiger partial charge in [-0.15, -0.1) is 5.10 Å². The predicted molar refractivity (Wildman–Crippen MR) is 142 cm³/mol. The van der Waals surface area contributed by atoms with Gasteiger partial charge in [0.05, 0.1) is 39.9 Å². The summed E-state index contributed by atoms with van der Waals surface area (Å²) in [7, 11) is 1.64. The Labute approximate surface area is 244 Å². The monoisotopic (exact) mass is 611 g/mol. The van der Waals surface area contributed by atoms with Gasteiger partial charge in [-0.1, -0.05) is 11.6 Å². The fourth-order valence-electron chi connectivity index (χ4n) is 4.61. The van der Waals surface area contributed by atoms with E-state index in [0.717, 1.165) is 12.3 Å². The summed E-state index contributed by atoms with van der Waals surface area (Å²) >= 11 is 6.06. The first-order valence-corrected chi connectivity index (χ1v) is 12.8. The summed E-state index contributed by atoms with van der Waals surface area (Å²) in [4.78, 5) is 4.76. The molecule has 5 aromatic heterocycles. The molecule has 0 saturated carbocycles. The molecule has 0 aliphatic rings. The Morgan fingerprint density at radius 2 is 1.88 bits per heavy atom. The Bertz CT molecular complexity index is 1920. The molecule has 0 radical (unpaired) electrons. The molecule has 6 rings (SSSR count). The van der Waals surface area contributed by atoms with Gasteiger partial charge in [0.1, 0.15) is 18.1 Å². The summed E-state index contributed by atoms with van der Waals surface area (Å²) in [5.74, 6) is -0.772. The predicted octanol–water partition coefficient (Wildman–Crippen LogP) is 3.99. The number of tetrazole rings is 1. The van der Waals surface area contributed by atoms with E-state index in [-0.39, 0.29) is 39.5 Å². The number of hydrogen-bond acceptors (Lipinski definition) is 8. The molecular weight excluding hydrogens is 594 g/mol. The fourth-order valence-corrected chi connectivity index (χ4v) is 4.77. The van der Waals surface area contributed by atoms with Gasteiger partial charge in [0.25, 0.3) is 0 Å². The minimum Gasteiger partial charge on any atom is -0.618 e. The molecule has 1 aromatic carbocycles. The summed E-state index contributed by atoms with van der Waals surface area (Å²) in [6.07, 6.45) is 3.50. The highest BCUT2D eigenvalue weighted by Gasteiger charge is 2.33. The van der Waals surface area contributed by atoms with E-state index in [1.165, 1.54) is 69.5 Å². The van der Waals surface area contributed by atoms with Gasteiger partial charge in [-0.05, 0) is 46.3 Å². The van der Waals surface area contributed by atoms with Crippen molar-refractivity contribution < 1.29 is 22.3 Å². The fraction of sp³-hybridized carbons (Fsp3) is 0.154. The Morgan fingerprint density at radius 3 is 2.58 bits per heavy atom. The highest BCUT2D eigenvalue weighted by molar-refractivity contribution is 6.31. The Morgan fingerprint density at radius 1 is 1.05 bits per heavy atom. The lowest BCUT2D eigenvalue weighted by molar-refractivity contribution is -0.615. The number of alkyl halides is 3. The van der Waals surface area contributed by atoms with Crippen LogP contribution in [0, 0.1) is 11.0 Å². The molecule has 218 valence electrons. The van der Waals surface area contributed by atoms with Gasteiger partial charge in [-0.25, -0.2) is 4.39 Å². The first-order valence-electron chi connectivity index (χ1n) is 12.5. The van der Waals surface area contributed by atoms with Gasteiger partial charge >= 0.3 is 6.18 Å². The van der Waals surface area contributed by atoms with Crippen molar-refractivity contribution in [3.63, 3.8) is 0 Å². The van der Waals surface area contributed by atoms with Crippen LogP contribution < -0.4 is 4.73 Å². The van der Waals surface area contributed by atoms with Gasteiger partial charge in [0.2, 0.25) is 5.69 Å². The molecule has 5 heterocycles. The lowest BCUT2D eigenvalue weighted by Crippen LogP contribution is -2.36. The van der Waals surface area contributed by atoms with Crippen LogP contribution in [-0.2, 0) is 19.6 Å². The van der Waals surface area contributed by atoms with Crippen LogP contribution in [0.3, 0.4) is 0 Å². The summed E-state index contributed by atoms with van der Waals surface area (Å²) in [5.41, 5.74) is 0.738. The first kappa shape index (κ1) is 27.9. The Kier molecular flexibility index (Phi) is 7.05. The van der Waals surface area contributed by atoms with Crippen molar-refractivity contribution >= 4 is 11.6 Å². The maximum atomic E-state index is 15.3. The Balaban J connectivity index is 1.42. The second-order valence-corrected chi connectivity index (χ2v) is 9.77. The van der Waals surface area contributed by atoms with Crippen LogP contribution >= 0.6 is 11.6 Å². The molecule has 0 fully saturated rings. The number of nitrogens with zero attached hydrogens (tertiary/aromatic N) is 11. The van der Waals surface area contributed by atoms with Crippen molar-refractivity contribution in [2.45, 2.75) is 18.6 Å². The van der Waals surface area contributed by atoms with Crippen LogP contribution in [-0.4, -0.2) is 50.0 Å². The number of aromatic nitrogens is 11. The van der Waals surface area contributed by atoms with Crippen LogP contribution in [0.15, 0.2) is 73.7 Å². The molecule has 43 heavy (non-hydrogen) atoms. The number of aryl methyl sites for hydroxylation is 1. The SMILES string of the molecule is Cn1ncc(C[C@@H](c2ccc(-c3c(-n4cnnn4)ccc(Cl)c3F)c[n+]2[O-])n2cc(-c3ccnc(C(F)(F)F)c3)cn2)n1. The van der Waals surface area contributed by atoms with E-state index in [0.29, 0.717) is 16.0 Å². The second kappa shape index (κ2) is 10.9. The van der Waals surface area contributed by atoms with Crippen molar-refractivity contribution in [2.24, 2.45) is 7.05 Å². The molecule has 0 saturated heterocycles. The molecule has 0 aliphatic carbocycles. The first-order chi connectivity index (χ1) is 20.6. The van der Waals surface area contributed by atoms with Crippen LogP contribution in [0.1, 0.15) is 23.1 Å². The third kappa shape index (κ3) is 5.51. The minimum absolute atomic E-state index is 0.000886. The number of hydrogen-bond donors (Lipinski definition) is 0. The average molecular weight is 612 g/mol. The molecule has 0 amide bonds. The molecule has 1 atom stereocenters. The standard InChI is InChI=1S/C26H18ClF4N11O/c1-39-34-11-18(36-39)9-22(40-12-17(10-35-40)15-6-7-32-23(8-15)26(29,30)31)20-4-2-16(13-42(20)43)24-21(41-14-33-37-38-41)5-3-19(27)25(24)28/h2-8,10-14,22H,9H2,1H3/t22-/m0/s1. The van der Waals surface area contributed by atoms with E-state index in [1.807, 2.05) is 0 Å². The van der Waals surface area contributed by atoms with Crippen LogP contribution in [0.4, 0.5) is 17.6 Å². The molecule has 0 bridgehead atoms. The van der Waals surface area contributed by atoms with E-state index >= 15 is 4.39 Å². The highest BCUT2D eigenvalue weighted by atomic mass is 35.5. The molecule has 17 heteroatoms. The third-order valence-corrected chi connectivity index (χ3v) is 6.89. The van der Waals surface area contributed by atoms with Crippen molar-refractivity contribution in [2.75, 3.05) is 0 Å². The van der Waals surface area contributed by atoms with Crippen molar-refractivity contribution in [1.29, 1.82) is 0 Å². The zero-order chi connectivity index (χ0) is 30.3. The van der Waals surface area contributed by atoms with Gasteiger partial charge < -0.3 is 5.21 Å². The van der Waals surface area contributed by atoms with Crippen molar-refractivity contribution in [3.05, 3.63) is 107 Å². The lowest BCUT2D eigenvalue weighted by atomic mass is 10.0. The summed E-state index contributed by atoms with van der Waals surface area (Å²) in [6.45, 7) is 0.